The van der Waals surface area contributed by atoms with Crippen LogP contribution in [0.15, 0.2) is 54.6 Å². The highest BCUT2D eigenvalue weighted by Gasteiger charge is 2.37. The van der Waals surface area contributed by atoms with Crippen molar-refractivity contribution >= 4 is 0 Å². The molecule has 1 aliphatic carbocycles. The minimum absolute atomic E-state index is 0.306. The van der Waals surface area contributed by atoms with Gasteiger partial charge < -0.3 is 14.9 Å². The van der Waals surface area contributed by atoms with E-state index < -0.39 is 5.60 Å². The van der Waals surface area contributed by atoms with Crippen molar-refractivity contribution in [3.8, 4) is 22.7 Å². The van der Waals surface area contributed by atoms with Crippen molar-refractivity contribution in [2.45, 2.75) is 37.4 Å². The third-order valence-corrected chi connectivity index (χ3v) is 5.43. The van der Waals surface area contributed by atoms with Gasteiger partial charge in [-0.15, -0.1) is 0 Å². The number of hydrogen-bond donors (Lipinski definition) is 2. The molecule has 4 rings (SSSR count). The Hall–Kier alpha value is -2.70. The van der Waals surface area contributed by atoms with Crippen molar-refractivity contribution in [2.75, 3.05) is 7.11 Å². The van der Waals surface area contributed by atoms with Crippen LogP contribution in [0.4, 0.5) is 4.39 Å². The second kappa shape index (κ2) is 7.37. The number of benzene rings is 2. The van der Waals surface area contributed by atoms with Gasteiger partial charge >= 0.3 is 0 Å². The fourth-order valence-electron chi connectivity index (χ4n) is 3.69. The number of halogens is 1. The van der Waals surface area contributed by atoms with Gasteiger partial charge in [0.2, 0.25) is 0 Å². The number of nitrogens with zero attached hydrogens (tertiary/aromatic N) is 2. The first kappa shape index (κ1) is 18.7. The molecule has 0 bridgehead atoms. The van der Waals surface area contributed by atoms with Crippen LogP contribution in [-0.4, -0.2) is 33.2 Å². The molecule has 0 spiro atoms. The fraction of sp³-hybridized carbons (Fsp3) is 0.318. The lowest BCUT2D eigenvalue weighted by Crippen LogP contribution is -2.33. The molecule has 146 valence electrons. The van der Waals surface area contributed by atoms with E-state index in [1.54, 1.807) is 23.9 Å². The highest BCUT2D eigenvalue weighted by molar-refractivity contribution is 5.63. The molecule has 0 aliphatic heterocycles. The normalized spacial score (nSPS) is 22.2. The predicted octanol–water partition coefficient (Wildman–Crippen LogP) is 3.81. The van der Waals surface area contributed by atoms with E-state index in [0.29, 0.717) is 31.4 Å². The first-order valence-corrected chi connectivity index (χ1v) is 9.40. The van der Waals surface area contributed by atoms with E-state index >= 15 is 0 Å². The summed E-state index contributed by atoms with van der Waals surface area (Å²) >= 11 is 0. The lowest BCUT2D eigenvalue weighted by Gasteiger charge is -2.32. The van der Waals surface area contributed by atoms with Gasteiger partial charge in [-0.3, -0.25) is 0 Å². The smallest absolute Gasteiger partial charge is 0.123 e. The third-order valence-electron chi connectivity index (χ3n) is 5.43. The van der Waals surface area contributed by atoms with Crippen molar-refractivity contribution in [1.29, 1.82) is 0 Å². The molecule has 0 atom stereocenters. The second-order valence-electron chi connectivity index (χ2n) is 7.29. The molecule has 1 heterocycles. The van der Waals surface area contributed by atoms with Crippen LogP contribution >= 0.6 is 0 Å². The van der Waals surface area contributed by atoms with Crippen molar-refractivity contribution in [2.24, 2.45) is 0 Å². The van der Waals surface area contributed by atoms with Crippen LogP contribution in [0.3, 0.4) is 0 Å². The van der Waals surface area contributed by atoms with Gasteiger partial charge in [0, 0.05) is 5.56 Å². The third kappa shape index (κ3) is 3.53. The van der Waals surface area contributed by atoms with E-state index in [1.807, 2.05) is 30.3 Å². The molecule has 1 fully saturated rings. The molecule has 0 unspecified atom stereocenters. The Labute approximate surface area is 163 Å². The van der Waals surface area contributed by atoms with Gasteiger partial charge in [-0.1, -0.05) is 0 Å². The summed E-state index contributed by atoms with van der Waals surface area (Å²) < 4.78 is 20.4. The molecule has 3 aromatic rings. The van der Waals surface area contributed by atoms with Crippen LogP contribution in [0.1, 0.15) is 31.4 Å². The van der Waals surface area contributed by atoms with E-state index in [1.165, 1.54) is 12.1 Å². The molecule has 1 aliphatic rings. The van der Waals surface area contributed by atoms with Crippen molar-refractivity contribution in [1.82, 2.24) is 9.78 Å². The Morgan fingerprint density at radius 1 is 1.07 bits per heavy atom. The average Bonchev–Trinajstić information content (AvgIpc) is 3.17. The summed E-state index contributed by atoms with van der Waals surface area (Å²) in [5, 5.41) is 25.7. The number of hydrogen-bond acceptors (Lipinski definition) is 4. The predicted molar refractivity (Wildman–Crippen MR) is 104 cm³/mol. The van der Waals surface area contributed by atoms with Crippen molar-refractivity contribution in [3.05, 3.63) is 66.1 Å². The zero-order chi connectivity index (χ0) is 19.7. The number of methoxy groups -OCH3 is 1. The van der Waals surface area contributed by atoms with Gasteiger partial charge in [0.05, 0.1) is 30.3 Å². The van der Waals surface area contributed by atoms with Gasteiger partial charge in [-0.2, -0.15) is 5.10 Å². The minimum Gasteiger partial charge on any atom is -0.497 e. The molecule has 0 amide bonds. The first-order valence-electron chi connectivity index (χ1n) is 9.40. The highest BCUT2D eigenvalue weighted by atomic mass is 19.1. The topological polar surface area (TPSA) is 67.5 Å². The summed E-state index contributed by atoms with van der Waals surface area (Å²) in [6.45, 7) is 0. The molecule has 1 aromatic heterocycles. The van der Waals surface area contributed by atoms with Gasteiger partial charge in [-0.05, 0) is 80.3 Å². The van der Waals surface area contributed by atoms with Crippen LogP contribution in [-0.2, 0) is 5.60 Å². The first-order chi connectivity index (χ1) is 13.5. The summed E-state index contributed by atoms with van der Waals surface area (Å²) in [6, 6.07) is 15.5. The molecular weight excluding hydrogens is 359 g/mol. The monoisotopic (exact) mass is 382 g/mol. The number of aliphatic hydroxyl groups excluding tert-OH is 1. The molecule has 6 heteroatoms. The molecule has 0 radical (unpaired) electrons. The number of aliphatic hydroxyl groups is 2. The van der Waals surface area contributed by atoms with E-state index in [4.69, 9.17) is 9.84 Å². The molecule has 28 heavy (non-hydrogen) atoms. The Morgan fingerprint density at radius 2 is 1.71 bits per heavy atom. The van der Waals surface area contributed by atoms with Crippen LogP contribution < -0.4 is 4.74 Å². The number of ether oxygens (including phenoxy) is 1. The maximum Gasteiger partial charge on any atom is 0.123 e. The lowest BCUT2D eigenvalue weighted by molar-refractivity contribution is -0.0393. The Morgan fingerprint density at radius 3 is 2.32 bits per heavy atom. The minimum atomic E-state index is -1.08. The molecular formula is C22H23FN2O3. The molecule has 2 N–H and O–H groups in total. The van der Waals surface area contributed by atoms with Gasteiger partial charge in [-0.25, -0.2) is 9.07 Å². The van der Waals surface area contributed by atoms with Crippen LogP contribution in [0.5, 0.6) is 5.75 Å². The van der Waals surface area contributed by atoms with E-state index in [0.717, 1.165) is 22.7 Å². The Kier molecular flexibility index (Phi) is 4.91. The fourth-order valence-corrected chi connectivity index (χ4v) is 3.69. The zero-order valence-electron chi connectivity index (χ0n) is 15.7. The van der Waals surface area contributed by atoms with Crippen molar-refractivity contribution < 1.29 is 19.3 Å². The summed E-state index contributed by atoms with van der Waals surface area (Å²) in [4.78, 5) is 0. The van der Waals surface area contributed by atoms with E-state index in [-0.39, 0.29) is 11.9 Å². The standard InChI is InChI=1S/C22H23FN2O3/c1-28-19-8-6-17(7-9-19)25-20(15-2-4-16(23)5-3-15)14-21(24-25)22(27)12-10-18(26)11-13-22/h2-9,14,18,26-27H,10-13H2,1H3. The maximum atomic E-state index is 13.4. The van der Waals surface area contributed by atoms with Crippen LogP contribution in [0.25, 0.3) is 16.9 Å². The van der Waals surface area contributed by atoms with Gasteiger partial charge in [0.25, 0.3) is 0 Å². The molecule has 5 nitrogen and oxygen atoms in total. The Bertz CT molecular complexity index is 943. The number of aromatic nitrogens is 2. The summed E-state index contributed by atoms with van der Waals surface area (Å²) in [5.41, 5.74) is 1.86. The zero-order valence-corrected chi connectivity index (χ0v) is 15.7. The molecule has 2 aromatic carbocycles. The second-order valence-corrected chi connectivity index (χ2v) is 7.29. The maximum absolute atomic E-state index is 13.4. The van der Waals surface area contributed by atoms with Gasteiger partial charge in [0.1, 0.15) is 17.2 Å². The summed E-state index contributed by atoms with van der Waals surface area (Å²) in [7, 11) is 1.61. The van der Waals surface area contributed by atoms with E-state index in [9.17, 15) is 14.6 Å². The van der Waals surface area contributed by atoms with Crippen LogP contribution in [0.2, 0.25) is 0 Å². The summed E-state index contributed by atoms with van der Waals surface area (Å²) in [5.74, 6) is 0.429. The van der Waals surface area contributed by atoms with Gasteiger partial charge in [0.15, 0.2) is 0 Å². The number of rotatable bonds is 4. The largest absolute Gasteiger partial charge is 0.497 e. The molecule has 0 saturated heterocycles. The highest BCUT2D eigenvalue weighted by Crippen LogP contribution is 2.38. The van der Waals surface area contributed by atoms with E-state index in [2.05, 4.69) is 0 Å². The Balaban J connectivity index is 1.80. The SMILES string of the molecule is COc1ccc(-n2nc(C3(O)CCC(O)CC3)cc2-c2ccc(F)cc2)cc1. The molecule has 1 saturated carbocycles. The average molecular weight is 382 g/mol. The van der Waals surface area contributed by atoms with Crippen molar-refractivity contribution in [3.63, 3.8) is 0 Å². The lowest BCUT2D eigenvalue weighted by atomic mass is 9.81. The summed E-state index contributed by atoms with van der Waals surface area (Å²) in [6.07, 6.45) is 1.61. The quantitative estimate of drug-likeness (QED) is 0.720. The van der Waals surface area contributed by atoms with Crippen LogP contribution in [0, 0.1) is 5.82 Å².